The highest BCUT2D eigenvalue weighted by Gasteiger charge is 2.13. The summed E-state index contributed by atoms with van der Waals surface area (Å²) in [6.07, 6.45) is 2.76. The third-order valence-corrected chi connectivity index (χ3v) is 4.14. The first-order valence-electron chi connectivity index (χ1n) is 5.74. The van der Waals surface area contributed by atoms with E-state index in [0.29, 0.717) is 5.95 Å². The lowest BCUT2D eigenvalue weighted by Crippen LogP contribution is -2.11. The Morgan fingerprint density at radius 3 is 2.94 bits per heavy atom. The van der Waals surface area contributed by atoms with E-state index in [0.717, 1.165) is 16.7 Å². The third-order valence-electron chi connectivity index (χ3n) is 2.57. The van der Waals surface area contributed by atoms with Gasteiger partial charge in [0.05, 0.1) is 10.5 Å². The Morgan fingerprint density at radius 1 is 1.50 bits per heavy atom. The fourth-order valence-electron chi connectivity index (χ4n) is 1.62. The van der Waals surface area contributed by atoms with Gasteiger partial charge in [0.2, 0.25) is 5.95 Å². The lowest BCUT2D eigenvalue weighted by molar-refractivity contribution is 0.757. The minimum Gasteiger partial charge on any atom is -0.361 e. The fraction of sp³-hybridized carbons (Fsp3) is 0.333. The fourth-order valence-corrected chi connectivity index (χ4v) is 2.78. The Kier molecular flexibility index (Phi) is 4.54. The molecule has 0 saturated heterocycles. The number of nitrogens with one attached hydrogen (secondary N) is 2. The molecule has 0 bridgehead atoms. The van der Waals surface area contributed by atoms with Gasteiger partial charge in [-0.1, -0.05) is 13.0 Å². The van der Waals surface area contributed by atoms with Crippen LogP contribution in [0.1, 0.15) is 24.3 Å². The summed E-state index contributed by atoms with van der Waals surface area (Å²) < 4.78 is 0.872. The van der Waals surface area contributed by atoms with Gasteiger partial charge in [0.1, 0.15) is 5.82 Å². The molecule has 0 aliphatic heterocycles. The number of rotatable bonds is 5. The van der Waals surface area contributed by atoms with Crippen LogP contribution in [0.4, 0.5) is 11.8 Å². The van der Waals surface area contributed by atoms with Crippen LogP contribution in [0.2, 0.25) is 0 Å². The normalized spacial score (nSPS) is 12.2. The Morgan fingerprint density at radius 2 is 2.33 bits per heavy atom. The zero-order valence-corrected chi connectivity index (χ0v) is 12.7. The second-order valence-electron chi connectivity index (χ2n) is 3.76. The Balaban J connectivity index is 2.21. The quantitative estimate of drug-likeness (QED) is 0.874. The van der Waals surface area contributed by atoms with Gasteiger partial charge in [-0.25, -0.2) is 4.98 Å². The summed E-state index contributed by atoms with van der Waals surface area (Å²) in [6.45, 7) is 2.16. The van der Waals surface area contributed by atoms with Crippen LogP contribution in [-0.4, -0.2) is 17.0 Å². The van der Waals surface area contributed by atoms with Crippen LogP contribution >= 0.6 is 27.3 Å². The van der Waals surface area contributed by atoms with Crippen LogP contribution in [0.25, 0.3) is 0 Å². The van der Waals surface area contributed by atoms with Gasteiger partial charge in [-0.2, -0.15) is 4.98 Å². The van der Waals surface area contributed by atoms with E-state index in [1.807, 2.05) is 7.05 Å². The van der Waals surface area contributed by atoms with E-state index in [1.54, 1.807) is 17.5 Å². The average Bonchev–Trinajstić information content (AvgIpc) is 2.91. The van der Waals surface area contributed by atoms with Gasteiger partial charge < -0.3 is 10.6 Å². The summed E-state index contributed by atoms with van der Waals surface area (Å²) in [5.41, 5.74) is 0. The Hall–Kier alpha value is -1.14. The van der Waals surface area contributed by atoms with Crippen LogP contribution in [-0.2, 0) is 0 Å². The van der Waals surface area contributed by atoms with E-state index in [4.69, 9.17) is 0 Å². The summed E-state index contributed by atoms with van der Waals surface area (Å²) >= 11 is 5.22. The monoisotopic (exact) mass is 326 g/mol. The van der Waals surface area contributed by atoms with Crippen molar-refractivity contribution in [3.63, 3.8) is 0 Å². The largest absolute Gasteiger partial charge is 0.361 e. The molecule has 0 aromatic carbocycles. The molecule has 96 valence electrons. The molecular formula is C12H15BrN4S. The van der Waals surface area contributed by atoms with Crippen LogP contribution in [0.3, 0.4) is 0 Å². The summed E-state index contributed by atoms with van der Waals surface area (Å²) in [4.78, 5) is 9.87. The maximum absolute atomic E-state index is 4.41. The van der Waals surface area contributed by atoms with E-state index < -0.39 is 0 Å². The lowest BCUT2D eigenvalue weighted by atomic mass is 10.2. The van der Waals surface area contributed by atoms with Crippen molar-refractivity contribution in [1.82, 2.24) is 9.97 Å². The minimum absolute atomic E-state index is 0.279. The van der Waals surface area contributed by atoms with Crippen molar-refractivity contribution in [2.75, 3.05) is 17.7 Å². The number of thiophene rings is 1. The predicted octanol–water partition coefficient (Wildman–Crippen LogP) is 3.91. The SMILES string of the molecule is CCC(Nc1nc(NC)ncc1Br)c1cccs1. The molecule has 2 rings (SSSR count). The van der Waals surface area contributed by atoms with Gasteiger partial charge in [0.15, 0.2) is 0 Å². The van der Waals surface area contributed by atoms with Gasteiger partial charge >= 0.3 is 0 Å². The van der Waals surface area contributed by atoms with Gasteiger partial charge in [0.25, 0.3) is 0 Å². The second-order valence-corrected chi connectivity index (χ2v) is 5.59. The molecule has 0 fully saturated rings. The molecule has 0 spiro atoms. The molecule has 0 amide bonds. The molecule has 2 aromatic heterocycles. The van der Waals surface area contributed by atoms with Crippen LogP contribution in [0.15, 0.2) is 28.2 Å². The Bertz CT molecular complexity index is 501. The second kappa shape index (κ2) is 6.15. The molecule has 1 unspecified atom stereocenters. The molecule has 6 heteroatoms. The standard InChI is InChI=1S/C12H15BrN4S/c1-3-9(10-5-4-6-18-10)16-11-8(13)7-15-12(14-2)17-11/h4-7,9H,3H2,1-2H3,(H2,14,15,16,17). The van der Waals surface area contributed by atoms with E-state index in [9.17, 15) is 0 Å². The van der Waals surface area contributed by atoms with Crippen molar-refractivity contribution >= 4 is 39.0 Å². The number of aromatic nitrogens is 2. The molecule has 2 N–H and O–H groups in total. The molecule has 2 aromatic rings. The van der Waals surface area contributed by atoms with Crippen molar-refractivity contribution in [3.8, 4) is 0 Å². The van der Waals surface area contributed by atoms with Crippen LogP contribution in [0, 0.1) is 0 Å². The molecule has 0 radical (unpaired) electrons. The van der Waals surface area contributed by atoms with Crippen LogP contribution in [0.5, 0.6) is 0 Å². The highest BCUT2D eigenvalue weighted by Crippen LogP contribution is 2.29. The van der Waals surface area contributed by atoms with Crippen molar-refractivity contribution in [2.24, 2.45) is 0 Å². The summed E-state index contributed by atoms with van der Waals surface area (Å²) in [7, 11) is 1.81. The summed E-state index contributed by atoms with van der Waals surface area (Å²) in [6, 6.07) is 4.49. The Labute approximate surface area is 119 Å². The van der Waals surface area contributed by atoms with E-state index in [2.05, 4.69) is 61.0 Å². The molecule has 0 aliphatic rings. The zero-order chi connectivity index (χ0) is 13.0. The zero-order valence-electron chi connectivity index (χ0n) is 10.3. The van der Waals surface area contributed by atoms with Gasteiger partial charge in [-0.3, -0.25) is 0 Å². The molecule has 0 aliphatic carbocycles. The number of nitrogens with zero attached hydrogens (tertiary/aromatic N) is 2. The van der Waals surface area contributed by atoms with Crippen molar-refractivity contribution in [3.05, 3.63) is 33.1 Å². The molecule has 18 heavy (non-hydrogen) atoms. The highest BCUT2D eigenvalue weighted by atomic mass is 79.9. The van der Waals surface area contributed by atoms with Gasteiger partial charge in [0, 0.05) is 18.1 Å². The van der Waals surface area contributed by atoms with Gasteiger partial charge in [-0.05, 0) is 33.8 Å². The first-order chi connectivity index (χ1) is 8.74. The van der Waals surface area contributed by atoms with Crippen molar-refractivity contribution in [1.29, 1.82) is 0 Å². The minimum atomic E-state index is 0.279. The molecule has 4 nitrogen and oxygen atoms in total. The summed E-state index contributed by atoms with van der Waals surface area (Å²) in [5.74, 6) is 1.43. The first-order valence-corrected chi connectivity index (χ1v) is 7.42. The predicted molar refractivity (Wildman–Crippen MR) is 80.3 cm³/mol. The van der Waals surface area contributed by atoms with E-state index in [-0.39, 0.29) is 6.04 Å². The summed E-state index contributed by atoms with van der Waals surface area (Å²) in [5, 5.41) is 8.48. The topological polar surface area (TPSA) is 49.8 Å². The molecule has 2 heterocycles. The number of hydrogen-bond acceptors (Lipinski definition) is 5. The molecule has 0 saturated carbocycles. The number of halogens is 1. The number of hydrogen-bond donors (Lipinski definition) is 2. The van der Waals surface area contributed by atoms with Crippen molar-refractivity contribution in [2.45, 2.75) is 19.4 Å². The average molecular weight is 327 g/mol. The maximum Gasteiger partial charge on any atom is 0.224 e. The van der Waals surface area contributed by atoms with E-state index in [1.165, 1.54) is 4.88 Å². The molecule has 1 atom stereocenters. The molecular weight excluding hydrogens is 312 g/mol. The smallest absolute Gasteiger partial charge is 0.224 e. The lowest BCUT2D eigenvalue weighted by Gasteiger charge is -2.17. The maximum atomic E-state index is 4.41. The highest BCUT2D eigenvalue weighted by molar-refractivity contribution is 9.10. The third kappa shape index (κ3) is 3.00. The van der Waals surface area contributed by atoms with Gasteiger partial charge in [-0.15, -0.1) is 11.3 Å². The first kappa shape index (κ1) is 13.3. The van der Waals surface area contributed by atoms with E-state index >= 15 is 0 Å². The van der Waals surface area contributed by atoms with Crippen molar-refractivity contribution < 1.29 is 0 Å². The van der Waals surface area contributed by atoms with Crippen LogP contribution < -0.4 is 10.6 Å². The number of anilines is 2.